The molecule has 0 aliphatic carbocycles. The summed E-state index contributed by atoms with van der Waals surface area (Å²) in [7, 11) is 0. The number of carboxylic acids is 1. The van der Waals surface area contributed by atoms with Gasteiger partial charge in [-0.3, -0.25) is 14.5 Å². The largest absolute Gasteiger partial charge is 0.479 e. The maximum Gasteiger partial charge on any atom is 0.335 e. The molecule has 0 saturated carbocycles. The number of hydrogen-bond acceptors (Lipinski definition) is 4. The molecule has 1 unspecified atom stereocenters. The predicted octanol–water partition coefficient (Wildman–Crippen LogP) is 2.45. The fourth-order valence-corrected chi connectivity index (χ4v) is 2.75. The minimum Gasteiger partial charge on any atom is -0.479 e. The number of hydrogen-bond donors (Lipinski definition) is 2. The van der Waals surface area contributed by atoms with Gasteiger partial charge in [0.25, 0.3) is 5.91 Å². The van der Waals surface area contributed by atoms with E-state index in [0.717, 1.165) is 5.56 Å². The molecule has 7 nitrogen and oxygen atoms in total. The highest BCUT2D eigenvalue weighted by molar-refractivity contribution is 6.07. The van der Waals surface area contributed by atoms with E-state index in [1.165, 1.54) is 23.1 Å². The summed E-state index contributed by atoms with van der Waals surface area (Å²) in [5.74, 6) is -1.54. The zero-order valence-corrected chi connectivity index (χ0v) is 14.4. The molecule has 1 aliphatic rings. The van der Waals surface area contributed by atoms with Gasteiger partial charge in [-0.05, 0) is 43.7 Å². The van der Waals surface area contributed by atoms with E-state index < -0.39 is 18.0 Å². The first-order valence-corrected chi connectivity index (χ1v) is 8.07. The second kappa shape index (κ2) is 6.87. The number of nitrogens with zero attached hydrogens (tertiary/aromatic N) is 1. The Hall–Kier alpha value is -3.35. The number of fused-ring (bicyclic) bond motifs is 1. The Morgan fingerprint density at radius 2 is 1.96 bits per heavy atom. The molecule has 1 aliphatic heterocycles. The Balaban J connectivity index is 1.88. The lowest BCUT2D eigenvalue weighted by Gasteiger charge is -2.32. The van der Waals surface area contributed by atoms with Crippen molar-refractivity contribution in [1.82, 2.24) is 0 Å². The van der Waals surface area contributed by atoms with Crippen LogP contribution in [0.3, 0.4) is 0 Å². The molecule has 134 valence electrons. The van der Waals surface area contributed by atoms with Crippen LogP contribution in [0.5, 0.6) is 5.75 Å². The van der Waals surface area contributed by atoms with Gasteiger partial charge in [0, 0.05) is 5.69 Å². The minimum absolute atomic E-state index is 0.0130. The van der Waals surface area contributed by atoms with Crippen molar-refractivity contribution >= 4 is 29.2 Å². The summed E-state index contributed by atoms with van der Waals surface area (Å²) in [6.07, 6.45) is -0.760. The van der Waals surface area contributed by atoms with E-state index in [9.17, 15) is 19.5 Å². The normalized spacial score (nSPS) is 15.8. The number of carbonyl (C=O) groups excluding carboxylic acids is 2. The van der Waals surface area contributed by atoms with Gasteiger partial charge in [-0.15, -0.1) is 0 Å². The van der Waals surface area contributed by atoms with Crippen molar-refractivity contribution in [3.05, 3.63) is 53.6 Å². The number of aromatic carboxylic acids is 1. The van der Waals surface area contributed by atoms with E-state index in [2.05, 4.69) is 5.32 Å². The molecule has 2 aromatic rings. The van der Waals surface area contributed by atoms with Gasteiger partial charge in [0.2, 0.25) is 5.91 Å². The third-order valence-corrected chi connectivity index (χ3v) is 4.14. The minimum atomic E-state index is -1.12. The van der Waals surface area contributed by atoms with E-state index >= 15 is 0 Å². The Kier molecular flexibility index (Phi) is 4.62. The SMILES string of the molecule is Cc1ccccc1NC(=O)CN1C(=O)C(C)Oc2ccc(C(=O)O)cc21. The molecule has 7 heteroatoms. The maximum absolute atomic E-state index is 12.5. The van der Waals surface area contributed by atoms with Crippen LogP contribution >= 0.6 is 0 Å². The summed E-state index contributed by atoms with van der Waals surface area (Å²) in [6, 6.07) is 11.5. The molecule has 0 bridgehead atoms. The van der Waals surface area contributed by atoms with Gasteiger partial charge in [0.15, 0.2) is 6.10 Å². The van der Waals surface area contributed by atoms with Crippen molar-refractivity contribution in [3.63, 3.8) is 0 Å². The average molecular weight is 354 g/mol. The standard InChI is InChI=1S/C19H18N2O5/c1-11-5-3-4-6-14(11)20-17(22)10-21-15-9-13(19(24)25)7-8-16(15)26-12(2)18(21)23/h3-9,12H,10H2,1-2H3,(H,20,22)(H,24,25). The van der Waals surface area contributed by atoms with Crippen molar-refractivity contribution in [2.24, 2.45) is 0 Å². The van der Waals surface area contributed by atoms with Gasteiger partial charge < -0.3 is 15.2 Å². The van der Waals surface area contributed by atoms with Crippen LogP contribution in [0, 0.1) is 6.92 Å². The number of para-hydroxylation sites is 1. The molecule has 0 fully saturated rings. The van der Waals surface area contributed by atoms with Crippen LogP contribution in [0.1, 0.15) is 22.8 Å². The fourth-order valence-electron chi connectivity index (χ4n) is 2.75. The van der Waals surface area contributed by atoms with E-state index in [1.54, 1.807) is 19.1 Å². The lowest BCUT2D eigenvalue weighted by Crippen LogP contribution is -2.47. The number of rotatable bonds is 4. The molecule has 2 aromatic carbocycles. The van der Waals surface area contributed by atoms with Crippen molar-refractivity contribution < 1.29 is 24.2 Å². The van der Waals surface area contributed by atoms with Crippen LogP contribution in [0.15, 0.2) is 42.5 Å². The molecule has 1 heterocycles. The summed E-state index contributed by atoms with van der Waals surface area (Å²) < 4.78 is 5.51. The Labute approximate surface area is 150 Å². The molecular formula is C19H18N2O5. The summed E-state index contributed by atoms with van der Waals surface area (Å²) in [5, 5.41) is 11.9. The highest BCUT2D eigenvalue weighted by Crippen LogP contribution is 2.35. The quantitative estimate of drug-likeness (QED) is 0.879. The molecule has 0 aromatic heterocycles. The highest BCUT2D eigenvalue weighted by Gasteiger charge is 2.33. The number of anilines is 2. The van der Waals surface area contributed by atoms with Crippen LogP contribution in [-0.4, -0.2) is 35.5 Å². The van der Waals surface area contributed by atoms with Crippen LogP contribution in [-0.2, 0) is 9.59 Å². The number of nitrogens with one attached hydrogen (secondary N) is 1. The molecule has 0 spiro atoms. The maximum atomic E-state index is 12.5. The second-order valence-corrected chi connectivity index (χ2v) is 6.04. The molecule has 0 saturated heterocycles. The van der Waals surface area contributed by atoms with Gasteiger partial charge in [-0.25, -0.2) is 4.79 Å². The Bertz CT molecular complexity index is 893. The topological polar surface area (TPSA) is 95.9 Å². The molecule has 3 rings (SSSR count). The summed E-state index contributed by atoms with van der Waals surface area (Å²) in [5.41, 5.74) is 1.84. The lowest BCUT2D eigenvalue weighted by atomic mass is 10.1. The zero-order valence-electron chi connectivity index (χ0n) is 14.4. The van der Waals surface area contributed by atoms with Gasteiger partial charge in [-0.2, -0.15) is 0 Å². The number of carboxylic acid groups (broad SMARTS) is 1. The first kappa shape index (κ1) is 17.5. The van der Waals surface area contributed by atoms with Crippen LogP contribution in [0.25, 0.3) is 0 Å². The van der Waals surface area contributed by atoms with Gasteiger partial charge >= 0.3 is 5.97 Å². The van der Waals surface area contributed by atoms with Crippen LogP contribution in [0.4, 0.5) is 11.4 Å². The first-order chi connectivity index (χ1) is 12.4. The highest BCUT2D eigenvalue weighted by atomic mass is 16.5. The number of ether oxygens (including phenoxy) is 1. The number of amides is 2. The molecule has 0 radical (unpaired) electrons. The van der Waals surface area contributed by atoms with E-state index in [1.807, 2.05) is 19.1 Å². The van der Waals surface area contributed by atoms with E-state index in [0.29, 0.717) is 11.4 Å². The van der Waals surface area contributed by atoms with Gasteiger partial charge in [0.05, 0.1) is 11.3 Å². The first-order valence-electron chi connectivity index (χ1n) is 8.07. The number of benzene rings is 2. The van der Waals surface area contributed by atoms with Gasteiger partial charge in [-0.1, -0.05) is 18.2 Å². The van der Waals surface area contributed by atoms with E-state index in [-0.39, 0.29) is 23.7 Å². The Morgan fingerprint density at radius 3 is 2.65 bits per heavy atom. The van der Waals surface area contributed by atoms with Crippen LogP contribution < -0.4 is 15.0 Å². The molecule has 1 atom stereocenters. The second-order valence-electron chi connectivity index (χ2n) is 6.04. The van der Waals surface area contributed by atoms with Crippen molar-refractivity contribution in [3.8, 4) is 5.75 Å². The third kappa shape index (κ3) is 3.37. The fraction of sp³-hybridized carbons (Fsp3) is 0.211. The van der Waals surface area contributed by atoms with Crippen molar-refractivity contribution in [2.75, 3.05) is 16.8 Å². The van der Waals surface area contributed by atoms with E-state index in [4.69, 9.17) is 4.74 Å². The number of carbonyl (C=O) groups is 3. The predicted molar refractivity (Wildman–Crippen MR) is 95.7 cm³/mol. The Morgan fingerprint density at radius 1 is 1.23 bits per heavy atom. The van der Waals surface area contributed by atoms with Crippen molar-refractivity contribution in [2.45, 2.75) is 20.0 Å². The third-order valence-electron chi connectivity index (χ3n) is 4.14. The molecule has 2 amide bonds. The zero-order chi connectivity index (χ0) is 18.8. The van der Waals surface area contributed by atoms with Gasteiger partial charge in [0.1, 0.15) is 12.3 Å². The average Bonchev–Trinajstić information content (AvgIpc) is 2.60. The smallest absolute Gasteiger partial charge is 0.335 e. The van der Waals surface area contributed by atoms with Crippen molar-refractivity contribution in [1.29, 1.82) is 0 Å². The monoisotopic (exact) mass is 354 g/mol. The number of aryl methyl sites for hydroxylation is 1. The summed E-state index contributed by atoms with van der Waals surface area (Å²) >= 11 is 0. The molecule has 26 heavy (non-hydrogen) atoms. The van der Waals surface area contributed by atoms with Crippen LogP contribution in [0.2, 0.25) is 0 Å². The molecule has 2 N–H and O–H groups in total. The summed E-state index contributed by atoms with van der Waals surface area (Å²) in [6.45, 7) is 3.21. The molecular weight excluding hydrogens is 336 g/mol. The lowest BCUT2D eigenvalue weighted by molar-refractivity contribution is -0.127. The summed E-state index contributed by atoms with van der Waals surface area (Å²) in [4.78, 5) is 37.4.